The van der Waals surface area contributed by atoms with Gasteiger partial charge in [0.1, 0.15) is 0 Å². The van der Waals surface area contributed by atoms with Gasteiger partial charge in [0.2, 0.25) is 0 Å². The minimum Gasteiger partial charge on any atom is -1.00 e. The van der Waals surface area contributed by atoms with E-state index in [0.29, 0.717) is 0 Å². The molecule has 1 rings (SSSR count). The number of hydrogen-bond donors (Lipinski definition) is 1. The summed E-state index contributed by atoms with van der Waals surface area (Å²) in [5, 5.41) is 0. The molecule has 0 N–H and O–H groups in total. The molecule has 72 valence electrons. The van der Waals surface area contributed by atoms with Crippen molar-refractivity contribution in [3.63, 3.8) is 0 Å². The number of hydrogen-bond acceptors (Lipinski definition) is 1. The van der Waals surface area contributed by atoms with E-state index in [1.807, 2.05) is 30.3 Å². The maximum atomic E-state index is 4.08. The van der Waals surface area contributed by atoms with E-state index in [9.17, 15) is 0 Å². The molecule has 0 saturated carbocycles. The van der Waals surface area contributed by atoms with Gasteiger partial charge in [-0.3, -0.25) is 0 Å². The van der Waals surface area contributed by atoms with E-state index >= 15 is 0 Å². The van der Waals surface area contributed by atoms with Gasteiger partial charge >= 0.3 is 48.9 Å². The van der Waals surface area contributed by atoms with E-state index in [4.69, 9.17) is 0 Å². The first-order chi connectivity index (χ1) is 5.66. The Labute approximate surface area is 131 Å². The van der Waals surface area contributed by atoms with Crippen LogP contribution in [0, 0.1) is 5.92 Å². The zero-order valence-electron chi connectivity index (χ0n) is 10.8. The summed E-state index contributed by atoms with van der Waals surface area (Å²) >= 11 is 4.08. The SMILES string of the molecule is CCC(C)C.Sc1ccccc1.[Ba+2].[H-].[H-]. The van der Waals surface area contributed by atoms with Gasteiger partial charge in [0.15, 0.2) is 0 Å². The minimum absolute atomic E-state index is 0. The van der Waals surface area contributed by atoms with Crippen LogP contribution in [0.1, 0.15) is 30.0 Å². The molecule has 0 amide bonds. The fourth-order valence-electron chi connectivity index (χ4n) is 0.428. The quantitative estimate of drug-likeness (QED) is 0.589. The molecule has 13 heavy (non-hydrogen) atoms. The van der Waals surface area contributed by atoms with Crippen LogP contribution in [0.25, 0.3) is 0 Å². The second-order valence-corrected chi connectivity index (χ2v) is 3.65. The summed E-state index contributed by atoms with van der Waals surface area (Å²) in [6.07, 6.45) is 1.31. The van der Waals surface area contributed by atoms with Crippen LogP contribution in [-0.4, -0.2) is 48.9 Å². The molecule has 0 aromatic heterocycles. The monoisotopic (exact) mass is 322 g/mol. The normalized spacial score (nSPS) is 8.38. The molecule has 0 aliphatic heterocycles. The third kappa shape index (κ3) is 13.1. The predicted octanol–water partition coefficient (Wildman–Crippen LogP) is 3.87. The molecule has 0 heterocycles. The summed E-state index contributed by atoms with van der Waals surface area (Å²) in [5.41, 5.74) is 0. The van der Waals surface area contributed by atoms with E-state index in [1.165, 1.54) is 6.42 Å². The molecule has 0 bridgehead atoms. The van der Waals surface area contributed by atoms with Crippen molar-refractivity contribution in [3.8, 4) is 0 Å². The number of thiol groups is 1. The molecular formula is C11H20BaS. The van der Waals surface area contributed by atoms with Crippen LogP contribution in [-0.2, 0) is 0 Å². The first kappa shape index (κ1) is 16.6. The molecule has 0 nitrogen and oxygen atoms in total. The van der Waals surface area contributed by atoms with Gasteiger partial charge in [-0.2, -0.15) is 0 Å². The summed E-state index contributed by atoms with van der Waals surface area (Å²) in [7, 11) is 0. The first-order valence-electron chi connectivity index (χ1n) is 4.40. The van der Waals surface area contributed by atoms with Crippen molar-refractivity contribution < 1.29 is 2.85 Å². The van der Waals surface area contributed by atoms with Crippen LogP contribution in [0.3, 0.4) is 0 Å². The van der Waals surface area contributed by atoms with Gasteiger partial charge in [0, 0.05) is 4.90 Å². The zero-order chi connectivity index (χ0) is 9.40. The summed E-state index contributed by atoms with van der Waals surface area (Å²) in [4.78, 5) is 1.02. The first-order valence-corrected chi connectivity index (χ1v) is 4.85. The Morgan fingerprint density at radius 3 is 1.77 bits per heavy atom. The molecule has 0 fully saturated rings. The molecule has 0 atom stereocenters. The Bertz CT molecular complexity index is 193. The molecule has 1 aromatic rings. The second-order valence-electron chi connectivity index (χ2n) is 3.14. The smallest absolute Gasteiger partial charge is 1.00 e. The van der Waals surface area contributed by atoms with Gasteiger partial charge in [-0.15, -0.1) is 12.6 Å². The molecule has 1 aromatic carbocycles. The third-order valence-corrected chi connectivity index (χ3v) is 1.87. The fraction of sp³-hybridized carbons (Fsp3) is 0.455. The van der Waals surface area contributed by atoms with Gasteiger partial charge in [-0.25, -0.2) is 0 Å². The van der Waals surface area contributed by atoms with E-state index in [1.54, 1.807) is 0 Å². The van der Waals surface area contributed by atoms with Gasteiger partial charge in [-0.05, 0) is 18.1 Å². The minimum atomic E-state index is 0. The van der Waals surface area contributed by atoms with E-state index in [0.717, 1.165) is 10.8 Å². The van der Waals surface area contributed by atoms with Gasteiger partial charge in [-0.1, -0.05) is 45.4 Å². The summed E-state index contributed by atoms with van der Waals surface area (Å²) in [6.45, 7) is 6.64. The number of rotatable bonds is 1. The average Bonchev–Trinajstić information content (AvgIpc) is 2.07. The predicted molar refractivity (Wildman–Crippen MR) is 66.8 cm³/mol. The molecule has 0 radical (unpaired) electrons. The molecule has 0 saturated heterocycles. The van der Waals surface area contributed by atoms with E-state index in [-0.39, 0.29) is 51.7 Å². The summed E-state index contributed by atoms with van der Waals surface area (Å²) in [6, 6.07) is 9.79. The van der Waals surface area contributed by atoms with Gasteiger partial charge in [0.25, 0.3) is 0 Å². The fourth-order valence-corrected chi connectivity index (χ4v) is 0.600. The third-order valence-electron chi connectivity index (χ3n) is 1.57. The second kappa shape index (κ2) is 11.2. The molecule has 0 spiro atoms. The number of benzene rings is 1. The Hall–Kier alpha value is 1.14. The summed E-state index contributed by atoms with van der Waals surface area (Å²) in [5.74, 6) is 0.884. The van der Waals surface area contributed by atoms with Crippen molar-refractivity contribution in [1.29, 1.82) is 0 Å². The van der Waals surface area contributed by atoms with Gasteiger partial charge < -0.3 is 2.85 Å². The van der Waals surface area contributed by atoms with Crippen molar-refractivity contribution in [1.82, 2.24) is 0 Å². The largest absolute Gasteiger partial charge is 2.00 e. The Balaban J connectivity index is -0.0000000701. The van der Waals surface area contributed by atoms with Crippen LogP contribution < -0.4 is 0 Å². The van der Waals surface area contributed by atoms with Crippen molar-refractivity contribution >= 4 is 61.5 Å². The Morgan fingerprint density at radius 2 is 1.62 bits per heavy atom. The van der Waals surface area contributed by atoms with Crippen molar-refractivity contribution in [2.45, 2.75) is 32.1 Å². The molecule has 2 heteroatoms. The van der Waals surface area contributed by atoms with Crippen LogP contribution >= 0.6 is 12.6 Å². The molecular weight excluding hydrogens is 302 g/mol. The zero-order valence-corrected chi connectivity index (χ0v) is 14.2. The Morgan fingerprint density at radius 1 is 1.23 bits per heavy atom. The molecule has 0 aliphatic carbocycles. The van der Waals surface area contributed by atoms with Crippen molar-refractivity contribution in [2.75, 3.05) is 0 Å². The maximum Gasteiger partial charge on any atom is 2.00 e. The van der Waals surface area contributed by atoms with E-state index in [2.05, 4.69) is 33.4 Å². The van der Waals surface area contributed by atoms with Crippen LogP contribution in [0.15, 0.2) is 35.2 Å². The maximum absolute atomic E-state index is 4.08. The Kier molecular flexibility index (Phi) is 14.3. The van der Waals surface area contributed by atoms with Crippen LogP contribution in [0.4, 0.5) is 0 Å². The van der Waals surface area contributed by atoms with Crippen molar-refractivity contribution in [2.24, 2.45) is 5.92 Å². The van der Waals surface area contributed by atoms with E-state index < -0.39 is 0 Å². The average molecular weight is 322 g/mol. The molecule has 0 aliphatic rings. The van der Waals surface area contributed by atoms with Crippen LogP contribution in [0.5, 0.6) is 0 Å². The van der Waals surface area contributed by atoms with Crippen LogP contribution in [0.2, 0.25) is 0 Å². The van der Waals surface area contributed by atoms with Gasteiger partial charge in [0.05, 0.1) is 0 Å². The topological polar surface area (TPSA) is 0 Å². The summed E-state index contributed by atoms with van der Waals surface area (Å²) < 4.78 is 0. The van der Waals surface area contributed by atoms with Crippen molar-refractivity contribution in [3.05, 3.63) is 30.3 Å². The molecule has 0 unspecified atom stereocenters. The standard InChI is InChI=1S/C6H6S.C5H12.Ba.2H/c7-6-4-2-1-3-5-6;1-4-5(2)3;;;/h1-5,7H;5H,4H2,1-3H3;;;/q;;+2;2*-1.